The molecule has 1 amide bonds. The average Bonchev–Trinajstić information content (AvgIpc) is 2.72. The maximum Gasteiger partial charge on any atom is 0.259 e. The molecule has 0 spiro atoms. The van der Waals surface area contributed by atoms with Crippen molar-refractivity contribution in [1.82, 2.24) is 9.78 Å². The van der Waals surface area contributed by atoms with Gasteiger partial charge in [-0.25, -0.2) is 0 Å². The highest BCUT2D eigenvalue weighted by Crippen LogP contribution is 2.24. The fourth-order valence-electron chi connectivity index (χ4n) is 1.80. The Hall–Kier alpha value is -2.50. The summed E-state index contributed by atoms with van der Waals surface area (Å²) in [6, 6.07) is 3.80. The Bertz CT molecular complexity index is 620. The second-order valence-electron chi connectivity index (χ2n) is 4.17. The van der Waals surface area contributed by atoms with E-state index < -0.39 is 5.91 Å². The molecule has 0 atom stereocenters. The molecule has 1 aromatic heterocycles. The summed E-state index contributed by atoms with van der Waals surface area (Å²) < 4.78 is 1.61. The van der Waals surface area contributed by atoms with Crippen molar-refractivity contribution in [1.29, 1.82) is 0 Å². The third-order valence-corrected chi connectivity index (χ3v) is 2.71. The lowest BCUT2D eigenvalue weighted by Crippen LogP contribution is -2.12. The molecule has 0 aliphatic carbocycles. The first-order chi connectivity index (χ1) is 9.01. The van der Waals surface area contributed by atoms with Gasteiger partial charge in [0.25, 0.3) is 5.91 Å². The molecule has 100 valence electrons. The van der Waals surface area contributed by atoms with Crippen LogP contribution in [0, 0.1) is 0 Å². The van der Waals surface area contributed by atoms with Crippen LogP contribution in [0.5, 0.6) is 11.5 Å². The van der Waals surface area contributed by atoms with E-state index >= 15 is 0 Å². The Labute approximate surface area is 110 Å². The van der Waals surface area contributed by atoms with Gasteiger partial charge >= 0.3 is 0 Å². The lowest BCUT2D eigenvalue weighted by Gasteiger charge is -2.06. The molecule has 2 rings (SSSR count). The minimum Gasteiger partial charge on any atom is -0.508 e. The number of hydrogen-bond acceptors (Lipinski definition) is 4. The summed E-state index contributed by atoms with van der Waals surface area (Å²) in [5.41, 5.74) is 1.37. The number of rotatable bonds is 3. The predicted molar refractivity (Wildman–Crippen MR) is 70.3 cm³/mol. The summed E-state index contributed by atoms with van der Waals surface area (Å²) in [6.07, 6.45) is 2.37. The molecule has 0 aliphatic heterocycles. The van der Waals surface area contributed by atoms with Crippen LogP contribution in [0.2, 0.25) is 0 Å². The first-order valence-electron chi connectivity index (χ1n) is 5.87. The van der Waals surface area contributed by atoms with E-state index in [0.29, 0.717) is 12.1 Å². The third kappa shape index (κ3) is 2.67. The van der Waals surface area contributed by atoms with Crippen LogP contribution in [0.25, 0.3) is 0 Å². The number of phenols is 2. The summed E-state index contributed by atoms with van der Waals surface area (Å²) in [5.74, 6) is -0.752. The summed E-state index contributed by atoms with van der Waals surface area (Å²) >= 11 is 0. The van der Waals surface area contributed by atoms with Crippen LogP contribution in [-0.2, 0) is 13.5 Å². The first-order valence-corrected chi connectivity index (χ1v) is 5.87. The smallest absolute Gasteiger partial charge is 0.259 e. The second-order valence-corrected chi connectivity index (χ2v) is 4.17. The normalized spacial score (nSPS) is 10.4. The van der Waals surface area contributed by atoms with Gasteiger partial charge in [0.15, 0.2) is 0 Å². The fraction of sp³-hybridized carbons (Fsp3) is 0.231. The predicted octanol–water partition coefficient (Wildman–Crippen LogP) is 1.65. The number of aromatic nitrogens is 2. The number of amides is 1. The van der Waals surface area contributed by atoms with E-state index in [-0.39, 0.29) is 17.1 Å². The SMILES string of the molecule is CCc1nn(C)cc1NC(=O)c1cc(O)ccc1O. The van der Waals surface area contributed by atoms with Crippen molar-refractivity contribution in [3.05, 3.63) is 35.7 Å². The van der Waals surface area contributed by atoms with Gasteiger partial charge in [-0.2, -0.15) is 5.10 Å². The largest absolute Gasteiger partial charge is 0.508 e. The van der Waals surface area contributed by atoms with Crippen molar-refractivity contribution in [3.8, 4) is 11.5 Å². The van der Waals surface area contributed by atoms with Gasteiger partial charge in [-0.1, -0.05) is 6.92 Å². The molecule has 0 fully saturated rings. The number of carbonyl (C=O) groups excluding carboxylic acids is 1. The lowest BCUT2D eigenvalue weighted by molar-refractivity contribution is 0.102. The van der Waals surface area contributed by atoms with E-state index in [4.69, 9.17) is 0 Å². The van der Waals surface area contributed by atoms with Gasteiger partial charge in [-0.15, -0.1) is 0 Å². The maximum absolute atomic E-state index is 12.0. The molecule has 1 aromatic carbocycles. The minimum atomic E-state index is -0.490. The molecule has 0 radical (unpaired) electrons. The quantitative estimate of drug-likeness (QED) is 0.733. The number of nitrogens with one attached hydrogen (secondary N) is 1. The number of hydrogen-bond donors (Lipinski definition) is 3. The molecular formula is C13H15N3O3. The zero-order valence-corrected chi connectivity index (χ0v) is 10.7. The molecule has 0 bridgehead atoms. The number of nitrogens with zero attached hydrogens (tertiary/aromatic N) is 2. The zero-order valence-electron chi connectivity index (χ0n) is 10.7. The molecule has 0 saturated carbocycles. The molecule has 0 saturated heterocycles. The molecule has 1 heterocycles. The Kier molecular flexibility index (Phi) is 3.41. The Balaban J connectivity index is 2.27. The van der Waals surface area contributed by atoms with Crippen molar-refractivity contribution in [2.75, 3.05) is 5.32 Å². The molecule has 3 N–H and O–H groups in total. The van der Waals surface area contributed by atoms with Crippen LogP contribution in [0.1, 0.15) is 23.0 Å². The van der Waals surface area contributed by atoms with E-state index in [2.05, 4.69) is 10.4 Å². The lowest BCUT2D eigenvalue weighted by atomic mass is 10.1. The van der Waals surface area contributed by atoms with Gasteiger partial charge < -0.3 is 15.5 Å². The number of anilines is 1. The molecule has 0 unspecified atom stereocenters. The van der Waals surface area contributed by atoms with E-state index in [0.717, 1.165) is 5.69 Å². The van der Waals surface area contributed by atoms with E-state index in [1.807, 2.05) is 6.92 Å². The van der Waals surface area contributed by atoms with Gasteiger partial charge in [-0.05, 0) is 24.6 Å². The van der Waals surface area contributed by atoms with E-state index in [1.54, 1.807) is 17.9 Å². The van der Waals surface area contributed by atoms with Crippen molar-refractivity contribution >= 4 is 11.6 Å². The number of aromatic hydroxyl groups is 2. The average molecular weight is 261 g/mol. The highest BCUT2D eigenvalue weighted by Gasteiger charge is 2.15. The van der Waals surface area contributed by atoms with Crippen molar-refractivity contribution in [2.45, 2.75) is 13.3 Å². The minimum absolute atomic E-state index is 0.0194. The van der Waals surface area contributed by atoms with Crippen molar-refractivity contribution in [3.63, 3.8) is 0 Å². The summed E-state index contributed by atoms with van der Waals surface area (Å²) in [7, 11) is 1.76. The molecule has 6 nitrogen and oxygen atoms in total. The van der Waals surface area contributed by atoms with Crippen LogP contribution < -0.4 is 5.32 Å². The van der Waals surface area contributed by atoms with Crippen molar-refractivity contribution in [2.24, 2.45) is 7.05 Å². The van der Waals surface area contributed by atoms with Gasteiger partial charge in [0.05, 0.1) is 16.9 Å². The maximum atomic E-state index is 12.0. The molecule has 19 heavy (non-hydrogen) atoms. The Morgan fingerprint density at radius 3 is 2.84 bits per heavy atom. The van der Waals surface area contributed by atoms with Crippen LogP contribution in [0.4, 0.5) is 5.69 Å². The van der Waals surface area contributed by atoms with Crippen LogP contribution in [-0.4, -0.2) is 25.9 Å². The zero-order chi connectivity index (χ0) is 14.0. The summed E-state index contributed by atoms with van der Waals surface area (Å²) in [5, 5.41) is 25.9. The van der Waals surface area contributed by atoms with Crippen LogP contribution >= 0.6 is 0 Å². The topological polar surface area (TPSA) is 87.4 Å². The first kappa shape index (κ1) is 12.9. The molecule has 6 heteroatoms. The number of aryl methyl sites for hydroxylation is 2. The van der Waals surface area contributed by atoms with Crippen molar-refractivity contribution < 1.29 is 15.0 Å². The van der Waals surface area contributed by atoms with E-state index in [1.165, 1.54) is 18.2 Å². The monoisotopic (exact) mass is 261 g/mol. The Morgan fingerprint density at radius 2 is 2.16 bits per heavy atom. The number of benzene rings is 1. The van der Waals surface area contributed by atoms with Crippen LogP contribution in [0.3, 0.4) is 0 Å². The van der Waals surface area contributed by atoms with Gasteiger partial charge in [-0.3, -0.25) is 9.48 Å². The number of carbonyl (C=O) groups is 1. The van der Waals surface area contributed by atoms with E-state index in [9.17, 15) is 15.0 Å². The fourth-order valence-corrected chi connectivity index (χ4v) is 1.80. The summed E-state index contributed by atoms with van der Waals surface area (Å²) in [6.45, 7) is 1.93. The third-order valence-electron chi connectivity index (χ3n) is 2.71. The summed E-state index contributed by atoms with van der Waals surface area (Å²) in [4.78, 5) is 12.0. The molecule has 0 aliphatic rings. The highest BCUT2D eigenvalue weighted by atomic mass is 16.3. The standard InChI is InChI=1S/C13H15N3O3/c1-3-10-11(7-16(2)15-10)14-13(19)9-6-8(17)4-5-12(9)18/h4-7,17-18H,3H2,1-2H3,(H,14,19). The second kappa shape index (κ2) is 5.01. The molecule has 2 aromatic rings. The van der Waals surface area contributed by atoms with Gasteiger partial charge in [0.1, 0.15) is 11.5 Å². The number of phenolic OH excluding ortho intramolecular Hbond substituents is 2. The Morgan fingerprint density at radius 1 is 1.42 bits per heavy atom. The van der Waals surface area contributed by atoms with Crippen LogP contribution in [0.15, 0.2) is 24.4 Å². The molecular weight excluding hydrogens is 246 g/mol. The van der Waals surface area contributed by atoms with Gasteiger partial charge in [0, 0.05) is 13.2 Å². The van der Waals surface area contributed by atoms with Gasteiger partial charge in [0.2, 0.25) is 0 Å². The highest BCUT2D eigenvalue weighted by molar-refractivity contribution is 6.06.